The number of hydrogen-bond donors (Lipinski definition) is 2. The molecule has 6 heteroatoms. The molecule has 0 spiro atoms. The van der Waals surface area contributed by atoms with E-state index in [1.165, 1.54) is 0 Å². The van der Waals surface area contributed by atoms with Gasteiger partial charge in [0.05, 0.1) is 17.7 Å². The highest BCUT2D eigenvalue weighted by Gasteiger charge is 2.56. The third kappa shape index (κ3) is 2.59. The topological polar surface area (TPSA) is 74.3 Å². The van der Waals surface area contributed by atoms with E-state index in [1.807, 2.05) is 24.0 Å². The first-order chi connectivity index (χ1) is 11.6. The smallest absolute Gasteiger partial charge is 0.230 e. The monoisotopic (exact) mass is 328 g/mol. The number of nitrogens with one attached hydrogen (secondary N) is 2. The number of aromatic nitrogens is 1. The van der Waals surface area contributed by atoms with E-state index in [0.29, 0.717) is 26.2 Å². The van der Waals surface area contributed by atoms with Gasteiger partial charge in [-0.1, -0.05) is 6.07 Å². The molecule has 1 aromatic rings. The van der Waals surface area contributed by atoms with Gasteiger partial charge < -0.3 is 15.5 Å². The van der Waals surface area contributed by atoms with Crippen LogP contribution in [0.1, 0.15) is 24.1 Å². The molecule has 2 aliphatic heterocycles. The molecule has 1 aliphatic carbocycles. The summed E-state index contributed by atoms with van der Waals surface area (Å²) < 4.78 is 0. The van der Waals surface area contributed by atoms with Crippen LogP contribution in [0.15, 0.2) is 18.3 Å². The van der Waals surface area contributed by atoms with E-state index in [4.69, 9.17) is 0 Å². The molecular weight excluding hydrogens is 304 g/mol. The standard InChI is InChI=1S/C18H24N4O2/c1-12-3-2-6-20-15(12)8-21-17(24)18-10-19-7-14(18)9-22(11-18)16(23)13-4-5-13/h2-3,6,13-14,19H,4-5,7-11H2,1H3,(H,21,24)/t14-,18-/m1/s1. The molecule has 4 rings (SSSR count). The lowest BCUT2D eigenvalue weighted by molar-refractivity contribution is -0.134. The molecule has 6 nitrogen and oxygen atoms in total. The molecule has 3 aliphatic rings. The summed E-state index contributed by atoms with van der Waals surface area (Å²) in [7, 11) is 0. The highest BCUT2D eigenvalue weighted by molar-refractivity contribution is 5.87. The van der Waals surface area contributed by atoms with Gasteiger partial charge in [0.25, 0.3) is 0 Å². The zero-order valence-electron chi connectivity index (χ0n) is 14.0. The van der Waals surface area contributed by atoms with E-state index in [0.717, 1.165) is 30.6 Å². The molecule has 0 radical (unpaired) electrons. The van der Waals surface area contributed by atoms with Crippen LogP contribution in [0.3, 0.4) is 0 Å². The normalized spacial score (nSPS) is 28.7. The Morgan fingerprint density at radius 3 is 3.04 bits per heavy atom. The molecule has 0 unspecified atom stereocenters. The molecule has 0 aromatic carbocycles. The molecular formula is C18H24N4O2. The van der Waals surface area contributed by atoms with E-state index in [1.54, 1.807) is 6.20 Å². The lowest BCUT2D eigenvalue weighted by Crippen LogP contribution is -2.47. The zero-order chi connectivity index (χ0) is 16.7. The van der Waals surface area contributed by atoms with Crippen LogP contribution < -0.4 is 10.6 Å². The SMILES string of the molecule is Cc1cccnc1CNC(=O)[C@@]12CNC[C@@H]1CN(C(=O)C1CC1)C2. The van der Waals surface area contributed by atoms with Crippen molar-refractivity contribution in [2.24, 2.45) is 17.3 Å². The van der Waals surface area contributed by atoms with Gasteiger partial charge in [0.15, 0.2) is 0 Å². The van der Waals surface area contributed by atoms with Gasteiger partial charge in [-0.25, -0.2) is 0 Å². The Bertz CT molecular complexity index is 673. The van der Waals surface area contributed by atoms with Crippen molar-refractivity contribution in [3.8, 4) is 0 Å². The minimum Gasteiger partial charge on any atom is -0.350 e. The summed E-state index contributed by atoms with van der Waals surface area (Å²) in [6.07, 6.45) is 3.77. The maximum absolute atomic E-state index is 13.0. The maximum atomic E-state index is 13.0. The Balaban J connectivity index is 1.45. The summed E-state index contributed by atoms with van der Waals surface area (Å²) in [4.78, 5) is 31.6. The van der Waals surface area contributed by atoms with Crippen LogP contribution >= 0.6 is 0 Å². The first-order valence-electron chi connectivity index (χ1n) is 8.78. The lowest BCUT2D eigenvalue weighted by atomic mass is 9.80. The number of pyridine rings is 1. The molecule has 1 aromatic heterocycles. The molecule has 2 atom stereocenters. The minimum atomic E-state index is -0.479. The predicted molar refractivity (Wildman–Crippen MR) is 88.9 cm³/mol. The number of amides is 2. The van der Waals surface area contributed by atoms with E-state index in [-0.39, 0.29) is 23.7 Å². The molecule has 3 heterocycles. The number of carbonyl (C=O) groups excluding carboxylic acids is 2. The zero-order valence-corrected chi connectivity index (χ0v) is 14.0. The van der Waals surface area contributed by atoms with Crippen LogP contribution in [0.5, 0.6) is 0 Å². The Hall–Kier alpha value is -1.95. The van der Waals surface area contributed by atoms with Crippen molar-refractivity contribution in [2.75, 3.05) is 26.2 Å². The summed E-state index contributed by atoms with van der Waals surface area (Å²) in [5, 5.41) is 6.41. The van der Waals surface area contributed by atoms with Gasteiger partial charge in [-0.2, -0.15) is 0 Å². The van der Waals surface area contributed by atoms with E-state index in [9.17, 15) is 9.59 Å². The average Bonchev–Trinajstić information content (AvgIpc) is 3.24. The fourth-order valence-electron chi connectivity index (χ4n) is 4.04. The summed E-state index contributed by atoms with van der Waals surface area (Å²) in [6, 6.07) is 3.90. The molecule has 2 N–H and O–H groups in total. The fourth-order valence-corrected chi connectivity index (χ4v) is 4.04. The highest BCUT2D eigenvalue weighted by atomic mass is 16.2. The van der Waals surface area contributed by atoms with Crippen molar-refractivity contribution >= 4 is 11.8 Å². The van der Waals surface area contributed by atoms with Crippen LogP contribution in [0.2, 0.25) is 0 Å². The number of aryl methyl sites for hydroxylation is 1. The summed E-state index contributed by atoms with van der Waals surface area (Å²) >= 11 is 0. The van der Waals surface area contributed by atoms with Gasteiger partial charge in [-0.15, -0.1) is 0 Å². The number of carbonyl (C=O) groups is 2. The second-order valence-corrected chi connectivity index (χ2v) is 7.43. The first-order valence-corrected chi connectivity index (χ1v) is 8.78. The van der Waals surface area contributed by atoms with E-state index in [2.05, 4.69) is 15.6 Å². The van der Waals surface area contributed by atoms with E-state index < -0.39 is 5.41 Å². The van der Waals surface area contributed by atoms with Gasteiger partial charge in [0.1, 0.15) is 0 Å². The lowest BCUT2D eigenvalue weighted by Gasteiger charge is -2.26. The number of rotatable bonds is 4. The van der Waals surface area contributed by atoms with Crippen LogP contribution in [-0.2, 0) is 16.1 Å². The minimum absolute atomic E-state index is 0.0497. The predicted octanol–water partition coefficient (Wildman–Crippen LogP) is 0.464. The first kappa shape index (κ1) is 15.6. The third-order valence-electron chi connectivity index (χ3n) is 5.75. The van der Waals surface area contributed by atoms with Gasteiger partial charge >= 0.3 is 0 Å². The van der Waals surface area contributed by atoms with Crippen molar-refractivity contribution in [3.05, 3.63) is 29.6 Å². The molecule has 2 amide bonds. The Morgan fingerprint density at radius 2 is 2.29 bits per heavy atom. The second kappa shape index (κ2) is 5.84. The van der Waals surface area contributed by atoms with Crippen molar-refractivity contribution < 1.29 is 9.59 Å². The molecule has 3 fully saturated rings. The quantitative estimate of drug-likeness (QED) is 0.842. The molecule has 128 valence electrons. The summed E-state index contributed by atoms with van der Waals surface area (Å²) in [5.74, 6) is 0.726. The molecule has 0 bridgehead atoms. The highest BCUT2D eigenvalue weighted by Crippen LogP contribution is 2.42. The molecule has 24 heavy (non-hydrogen) atoms. The fraction of sp³-hybridized carbons (Fsp3) is 0.611. The van der Waals surface area contributed by atoms with Crippen molar-refractivity contribution in [1.82, 2.24) is 20.5 Å². The van der Waals surface area contributed by atoms with E-state index >= 15 is 0 Å². The second-order valence-electron chi connectivity index (χ2n) is 7.43. The third-order valence-corrected chi connectivity index (χ3v) is 5.75. The molecule has 2 saturated heterocycles. The average molecular weight is 328 g/mol. The Kier molecular flexibility index (Phi) is 3.79. The van der Waals surface area contributed by atoms with Crippen molar-refractivity contribution in [1.29, 1.82) is 0 Å². The Labute approximate surface area is 142 Å². The maximum Gasteiger partial charge on any atom is 0.230 e. The number of nitrogens with zero attached hydrogens (tertiary/aromatic N) is 2. The largest absolute Gasteiger partial charge is 0.350 e. The van der Waals surface area contributed by atoms with Crippen LogP contribution in [0.25, 0.3) is 0 Å². The van der Waals surface area contributed by atoms with Gasteiger partial charge in [0, 0.05) is 44.2 Å². The molecule has 1 saturated carbocycles. The Morgan fingerprint density at radius 1 is 1.46 bits per heavy atom. The van der Waals surface area contributed by atoms with Gasteiger partial charge in [0.2, 0.25) is 11.8 Å². The number of hydrogen-bond acceptors (Lipinski definition) is 4. The van der Waals surface area contributed by atoms with Crippen LogP contribution in [0, 0.1) is 24.2 Å². The number of fused-ring (bicyclic) bond motifs is 1. The van der Waals surface area contributed by atoms with Crippen LogP contribution in [0.4, 0.5) is 0 Å². The van der Waals surface area contributed by atoms with Gasteiger partial charge in [-0.05, 0) is 31.4 Å². The van der Waals surface area contributed by atoms with Gasteiger partial charge in [-0.3, -0.25) is 14.6 Å². The summed E-state index contributed by atoms with van der Waals surface area (Å²) in [6.45, 7) is 5.16. The van der Waals surface area contributed by atoms with Crippen molar-refractivity contribution in [3.63, 3.8) is 0 Å². The summed E-state index contributed by atoms with van der Waals surface area (Å²) in [5.41, 5.74) is 1.50. The van der Waals surface area contributed by atoms with Crippen molar-refractivity contribution in [2.45, 2.75) is 26.3 Å². The van der Waals surface area contributed by atoms with Crippen LogP contribution in [-0.4, -0.2) is 47.9 Å². The number of likely N-dealkylation sites (tertiary alicyclic amines) is 1.